The first-order valence-corrected chi connectivity index (χ1v) is 7.52. The molecule has 1 aromatic carbocycles. The van der Waals surface area contributed by atoms with Gasteiger partial charge in [0, 0.05) is 21.3 Å². The van der Waals surface area contributed by atoms with Crippen molar-refractivity contribution in [3.05, 3.63) is 61.2 Å². The van der Waals surface area contributed by atoms with Gasteiger partial charge in [0.25, 0.3) is 11.5 Å². The van der Waals surface area contributed by atoms with Crippen LogP contribution in [0, 0.1) is 13.8 Å². The van der Waals surface area contributed by atoms with Gasteiger partial charge < -0.3 is 15.4 Å². The number of nitrogens with one attached hydrogen (secondary N) is 2. The standard InChI is InChI=1S/C15H13Cl2N3O4/c1-6-7(2)19-13(21)12(18-6)14(22)20-11(15(23)24)9-4-3-8(16)5-10(9)17/h3-5,11H,1-2H3,(H,19,21)(H,20,22)(H,23,24). The van der Waals surface area contributed by atoms with Crippen LogP contribution in [0.1, 0.15) is 33.5 Å². The summed E-state index contributed by atoms with van der Waals surface area (Å²) < 4.78 is 0. The van der Waals surface area contributed by atoms with Crippen LogP contribution >= 0.6 is 23.2 Å². The van der Waals surface area contributed by atoms with Gasteiger partial charge in [-0.2, -0.15) is 0 Å². The number of nitrogens with zero attached hydrogens (tertiary/aromatic N) is 1. The molecule has 0 saturated carbocycles. The van der Waals surface area contributed by atoms with E-state index in [1.54, 1.807) is 13.8 Å². The lowest BCUT2D eigenvalue weighted by Crippen LogP contribution is -2.37. The number of hydrogen-bond donors (Lipinski definition) is 3. The quantitative estimate of drug-likeness (QED) is 0.764. The number of benzene rings is 1. The molecule has 1 atom stereocenters. The predicted octanol–water partition coefficient (Wildman–Crippen LogP) is 2.25. The molecule has 2 rings (SSSR count). The van der Waals surface area contributed by atoms with Gasteiger partial charge in [-0.25, -0.2) is 9.78 Å². The smallest absolute Gasteiger partial charge is 0.330 e. The molecule has 1 amide bonds. The normalized spacial score (nSPS) is 11.8. The van der Waals surface area contributed by atoms with Crippen LogP contribution in [0.3, 0.4) is 0 Å². The number of aryl methyl sites for hydroxylation is 2. The topological polar surface area (TPSA) is 112 Å². The van der Waals surface area contributed by atoms with Gasteiger partial charge in [0.15, 0.2) is 11.7 Å². The number of aliphatic carboxylic acids is 1. The maximum Gasteiger partial charge on any atom is 0.330 e. The zero-order chi connectivity index (χ0) is 18.0. The fourth-order valence-electron chi connectivity index (χ4n) is 1.98. The molecule has 0 bridgehead atoms. The lowest BCUT2D eigenvalue weighted by atomic mass is 10.1. The van der Waals surface area contributed by atoms with Crippen LogP contribution in [0.5, 0.6) is 0 Å². The van der Waals surface area contributed by atoms with Crippen molar-refractivity contribution in [2.45, 2.75) is 19.9 Å². The molecule has 1 aromatic heterocycles. The lowest BCUT2D eigenvalue weighted by Gasteiger charge is -2.16. The maximum absolute atomic E-state index is 12.3. The molecule has 7 nitrogen and oxygen atoms in total. The van der Waals surface area contributed by atoms with E-state index in [2.05, 4.69) is 15.3 Å². The molecular weight excluding hydrogens is 357 g/mol. The Labute approximate surface area is 146 Å². The molecule has 2 aromatic rings. The molecule has 0 aliphatic heterocycles. The van der Waals surface area contributed by atoms with Crippen molar-refractivity contribution < 1.29 is 14.7 Å². The van der Waals surface area contributed by atoms with Gasteiger partial charge in [-0.1, -0.05) is 29.3 Å². The summed E-state index contributed by atoms with van der Waals surface area (Å²) in [5, 5.41) is 12.0. The van der Waals surface area contributed by atoms with Crippen LogP contribution in [-0.2, 0) is 4.79 Å². The highest BCUT2D eigenvalue weighted by atomic mass is 35.5. The molecule has 0 fully saturated rings. The van der Waals surface area contributed by atoms with E-state index < -0.39 is 29.2 Å². The Hall–Kier alpha value is -2.38. The van der Waals surface area contributed by atoms with Gasteiger partial charge in [-0.15, -0.1) is 0 Å². The van der Waals surface area contributed by atoms with E-state index in [4.69, 9.17) is 23.2 Å². The molecule has 0 saturated heterocycles. The van der Waals surface area contributed by atoms with E-state index in [9.17, 15) is 19.5 Å². The van der Waals surface area contributed by atoms with Crippen LogP contribution in [0.15, 0.2) is 23.0 Å². The number of carbonyl (C=O) groups is 2. The van der Waals surface area contributed by atoms with Crippen molar-refractivity contribution in [2.24, 2.45) is 0 Å². The predicted molar refractivity (Wildman–Crippen MR) is 88.6 cm³/mol. The third-order valence-corrected chi connectivity index (χ3v) is 3.91. The number of carboxylic acid groups (broad SMARTS) is 1. The minimum Gasteiger partial charge on any atom is -0.479 e. The van der Waals surface area contributed by atoms with Gasteiger partial charge in [-0.05, 0) is 26.0 Å². The summed E-state index contributed by atoms with van der Waals surface area (Å²) in [6.07, 6.45) is 0. The Morgan fingerprint density at radius 1 is 1.29 bits per heavy atom. The molecule has 0 radical (unpaired) electrons. The number of halogens is 2. The van der Waals surface area contributed by atoms with Crippen molar-refractivity contribution in [1.29, 1.82) is 0 Å². The molecule has 126 valence electrons. The number of H-pyrrole nitrogens is 1. The number of aromatic amines is 1. The second kappa shape index (κ2) is 7.02. The number of rotatable bonds is 4. The number of carboxylic acids is 1. The second-order valence-corrected chi connectivity index (χ2v) is 5.88. The third-order valence-electron chi connectivity index (χ3n) is 3.35. The summed E-state index contributed by atoms with van der Waals surface area (Å²) in [5.74, 6) is -2.26. The summed E-state index contributed by atoms with van der Waals surface area (Å²) in [7, 11) is 0. The average Bonchev–Trinajstić information content (AvgIpc) is 2.48. The fourth-order valence-corrected chi connectivity index (χ4v) is 2.50. The van der Waals surface area contributed by atoms with E-state index in [-0.39, 0.29) is 10.6 Å². The summed E-state index contributed by atoms with van der Waals surface area (Å²) in [6, 6.07) is 2.75. The highest BCUT2D eigenvalue weighted by Crippen LogP contribution is 2.26. The van der Waals surface area contributed by atoms with Crippen molar-refractivity contribution in [3.63, 3.8) is 0 Å². The Kier molecular flexibility index (Phi) is 5.26. The third kappa shape index (κ3) is 3.74. The maximum atomic E-state index is 12.3. The van der Waals surface area contributed by atoms with Crippen molar-refractivity contribution in [1.82, 2.24) is 15.3 Å². The van der Waals surface area contributed by atoms with Crippen molar-refractivity contribution >= 4 is 35.1 Å². The highest BCUT2D eigenvalue weighted by Gasteiger charge is 2.26. The van der Waals surface area contributed by atoms with Gasteiger partial charge >= 0.3 is 5.97 Å². The highest BCUT2D eigenvalue weighted by molar-refractivity contribution is 6.35. The zero-order valence-corrected chi connectivity index (χ0v) is 14.2. The van der Waals surface area contributed by atoms with E-state index in [0.29, 0.717) is 16.4 Å². The van der Waals surface area contributed by atoms with E-state index >= 15 is 0 Å². The largest absolute Gasteiger partial charge is 0.479 e. The molecule has 9 heteroatoms. The molecule has 1 unspecified atom stereocenters. The van der Waals surface area contributed by atoms with E-state index in [0.717, 1.165) is 0 Å². The monoisotopic (exact) mass is 369 g/mol. The number of carbonyl (C=O) groups excluding carboxylic acids is 1. The molecule has 24 heavy (non-hydrogen) atoms. The minimum absolute atomic E-state index is 0.0807. The first-order chi connectivity index (χ1) is 11.2. The van der Waals surface area contributed by atoms with E-state index in [1.165, 1.54) is 18.2 Å². The van der Waals surface area contributed by atoms with Gasteiger partial charge in [0.05, 0.1) is 5.69 Å². The van der Waals surface area contributed by atoms with Gasteiger partial charge in [0.2, 0.25) is 0 Å². The van der Waals surface area contributed by atoms with Gasteiger partial charge in [0.1, 0.15) is 0 Å². The Bertz CT molecular complexity index is 880. The Morgan fingerprint density at radius 2 is 1.96 bits per heavy atom. The second-order valence-electron chi connectivity index (χ2n) is 5.04. The number of aromatic nitrogens is 2. The molecular formula is C15H13Cl2N3O4. The minimum atomic E-state index is -1.45. The average molecular weight is 370 g/mol. The van der Waals surface area contributed by atoms with Crippen LogP contribution in [0.4, 0.5) is 0 Å². The molecule has 0 aliphatic rings. The van der Waals surface area contributed by atoms with Crippen LogP contribution < -0.4 is 10.9 Å². The first kappa shape index (κ1) is 18.0. The molecule has 3 N–H and O–H groups in total. The molecule has 0 aliphatic carbocycles. The van der Waals surface area contributed by atoms with Crippen molar-refractivity contribution in [3.8, 4) is 0 Å². The molecule has 1 heterocycles. The van der Waals surface area contributed by atoms with Gasteiger partial charge in [-0.3, -0.25) is 9.59 Å². The summed E-state index contributed by atoms with van der Waals surface area (Å²) >= 11 is 11.8. The Balaban J connectivity index is 2.38. The van der Waals surface area contributed by atoms with Crippen molar-refractivity contribution in [2.75, 3.05) is 0 Å². The first-order valence-electron chi connectivity index (χ1n) is 6.77. The Morgan fingerprint density at radius 3 is 2.54 bits per heavy atom. The molecule has 0 spiro atoms. The summed E-state index contributed by atoms with van der Waals surface area (Å²) in [5.41, 5.74) is -0.0122. The zero-order valence-electron chi connectivity index (χ0n) is 12.7. The summed E-state index contributed by atoms with van der Waals surface area (Å²) in [6.45, 7) is 3.26. The number of amides is 1. The lowest BCUT2D eigenvalue weighted by molar-refractivity contribution is -0.139. The number of hydrogen-bond acceptors (Lipinski definition) is 4. The van der Waals surface area contributed by atoms with Crippen LogP contribution in [0.25, 0.3) is 0 Å². The summed E-state index contributed by atoms with van der Waals surface area (Å²) in [4.78, 5) is 42.0. The van der Waals surface area contributed by atoms with Crippen LogP contribution in [0.2, 0.25) is 10.0 Å². The fraction of sp³-hybridized carbons (Fsp3) is 0.200. The van der Waals surface area contributed by atoms with Crippen LogP contribution in [-0.4, -0.2) is 27.0 Å². The SMILES string of the molecule is Cc1nc(C(=O)NC(C(=O)O)c2ccc(Cl)cc2Cl)c(=O)[nH]c1C. The van der Waals surface area contributed by atoms with E-state index in [1.807, 2.05) is 0 Å².